The predicted octanol–water partition coefficient (Wildman–Crippen LogP) is 4.06. The summed E-state index contributed by atoms with van der Waals surface area (Å²) in [6.07, 6.45) is -0.703. The van der Waals surface area contributed by atoms with Crippen molar-refractivity contribution in [3.8, 4) is 17.2 Å². The number of anilines is 1. The minimum atomic E-state index is -0.703. The van der Waals surface area contributed by atoms with Gasteiger partial charge in [0.25, 0.3) is 5.91 Å². The van der Waals surface area contributed by atoms with Gasteiger partial charge in [-0.25, -0.2) is 0 Å². The van der Waals surface area contributed by atoms with Crippen LogP contribution in [0.4, 0.5) is 5.69 Å². The van der Waals surface area contributed by atoms with Crippen molar-refractivity contribution in [2.75, 3.05) is 19.0 Å². The zero-order chi connectivity index (χ0) is 18.2. The molecule has 0 aliphatic carbocycles. The van der Waals surface area contributed by atoms with E-state index in [0.717, 1.165) is 5.57 Å². The fraction of sp³-hybridized carbons (Fsp3) is 0.250. The molecule has 0 heterocycles. The SMILES string of the molecule is C=C(C)COc1ccccc1NC(=O)[C@H](C)Oc1ccccc1OC. The molecule has 0 unspecified atom stereocenters. The summed E-state index contributed by atoms with van der Waals surface area (Å²) in [4.78, 5) is 12.5. The molecule has 0 saturated carbocycles. The number of benzene rings is 2. The van der Waals surface area contributed by atoms with E-state index in [4.69, 9.17) is 14.2 Å². The van der Waals surface area contributed by atoms with Crippen LogP contribution in [0.3, 0.4) is 0 Å². The Morgan fingerprint density at radius 1 is 1.08 bits per heavy atom. The maximum Gasteiger partial charge on any atom is 0.265 e. The fourth-order valence-electron chi connectivity index (χ4n) is 2.09. The minimum absolute atomic E-state index is 0.280. The summed E-state index contributed by atoms with van der Waals surface area (Å²) >= 11 is 0. The molecule has 2 aromatic carbocycles. The molecule has 2 aromatic rings. The van der Waals surface area contributed by atoms with Crippen molar-refractivity contribution in [1.82, 2.24) is 0 Å². The number of carbonyl (C=O) groups is 1. The largest absolute Gasteiger partial charge is 0.493 e. The third-order valence-electron chi connectivity index (χ3n) is 3.36. The highest BCUT2D eigenvalue weighted by molar-refractivity contribution is 5.95. The Hall–Kier alpha value is -2.95. The second kappa shape index (κ2) is 8.78. The molecule has 0 aliphatic heterocycles. The standard InChI is InChI=1S/C20H23NO4/c1-14(2)13-24-17-10-6-5-9-16(17)21-20(22)15(3)25-19-12-8-7-11-18(19)23-4/h5-12,15H,1,13H2,2-4H3,(H,21,22)/t15-/m0/s1. The molecule has 5 nitrogen and oxygen atoms in total. The molecule has 5 heteroatoms. The first-order chi connectivity index (χ1) is 12.0. The summed E-state index contributed by atoms with van der Waals surface area (Å²) in [6.45, 7) is 7.76. The average Bonchev–Trinajstić information content (AvgIpc) is 2.61. The molecule has 132 valence electrons. The van der Waals surface area contributed by atoms with Crippen molar-refractivity contribution in [1.29, 1.82) is 0 Å². The van der Waals surface area contributed by atoms with Gasteiger partial charge in [0.05, 0.1) is 12.8 Å². The Labute approximate surface area is 148 Å². The molecule has 0 bridgehead atoms. The van der Waals surface area contributed by atoms with Crippen molar-refractivity contribution in [2.24, 2.45) is 0 Å². The highest BCUT2D eigenvalue weighted by Crippen LogP contribution is 2.28. The monoisotopic (exact) mass is 341 g/mol. The molecular formula is C20H23NO4. The fourth-order valence-corrected chi connectivity index (χ4v) is 2.09. The maximum absolute atomic E-state index is 12.5. The lowest BCUT2D eigenvalue weighted by Crippen LogP contribution is -2.30. The molecule has 1 amide bonds. The number of para-hydroxylation sites is 4. The van der Waals surface area contributed by atoms with Crippen LogP contribution < -0.4 is 19.5 Å². The Kier molecular flexibility index (Phi) is 6.46. The van der Waals surface area contributed by atoms with Gasteiger partial charge in [-0.2, -0.15) is 0 Å². The summed E-state index contributed by atoms with van der Waals surface area (Å²) < 4.78 is 16.6. The van der Waals surface area contributed by atoms with Crippen LogP contribution in [-0.2, 0) is 4.79 Å². The van der Waals surface area contributed by atoms with Gasteiger partial charge in [0.15, 0.2) is 17.6 Å². The van der Waals surface area contributed by atoms with Crippen LogP contribution in [0.1, 0.15) is 13.8 Å². The van der Waals surface area contributed by atoms with E-state index in [2.05, 4.69) is 11.9 Å². The second-order valence-corrected chi connectivity index (χ2v) is 5.64. The molecular weight excluding hydrogens is 318 g/mol. The Balaban J connectivity index is 2.05. The number of rotatable bonds is 8. The first-order valence-electron chi connectivity index (χ1n) is 7.98. The van der Waals surface area contributed by atoms with Crippen LogP contribution in [0.5, 0.6) is 17.2 Å². The summed E-state index contributed by atoms with van der Waals surface area (Å²) in [5, 5.41) is 2.83. The van der Waals surface area contributed by atoms with Crippen molar-refractivity contribution < 1.29 is 19.0 Å². The highest BCUT2D eigenvalue weighted by Gasteiger charge is 2.18. The first-order valence-corrected chi connectivity index (χ1v) is 7.98. The summed E-state index contributed by atoms with van der Waals surface area (Å²) in [6, 6.07) is 14.4. The normalized spacial score (nSPS) is 11.3. The van der Waals surface area contributed by atoms with E-state index in [0.29, 0.717) is 29.5 Å². The zero-order valence-corrected chi connectivity index (χ0v) is 14.7. The second-order valence-electron chi connectivity index (χ2n) is 5.64. The molecule has 0 fully saturated rings. The van der Waals surface area contributed by atoms with Gasteiger partial charge in [0.2, 0.25) is 0 Å². The average molecular weight is 341 g/mol. The number of amides is 1. The van der Waals surface area contributed by atoms with Gasteiger partial charge >= 0.3 is 0 Å². The topological polar surface area (TPSA) is 56.8 Å². The lowest BCUT2D eigenvalue weighted by molar-refractivity contribution is -0.122. The first kappa shape index (κ1) is 18.4. The van der Waals surface area contributed by atoms with Crippen molar-refractivity contribution in [3.63, 3.8) is 0 Å². The molecule has 0 aromatic heterocycles. The summed E-state index contributed by atoms with van der Waals surface area (Å²) in [5.41, 5.74) is 1.48. The van der Waals surface area contributed by atoms with Crippen molar-refractivity contribution in [2.45, 2.75) is 20.0 Å². The van der Waals surface area contributed by atoms with Crippen LogP contribution >= 0.6 is 0 Å². The number of nitrogens with one attached hydrogen (secondary N) is 1. The number of carbonyl (C=O) groups excluding carboxylic acids is 1. The lowest BCUT2D eigenvalue weighted by atomic mass is 10.2. The third-order valence-corrected chi connectivity index (χ3v) is 3.36. The third kappa shape index (κ3) is 5.28. The van der Waals surface area contributed by atoms with Gasteiger partial charge in [-0.05, 0) is 43.7 Å². The van der Waals surface area contributed by atoms with Crippen LogP contribution in [0.25, 0.3) is 0 Å². The van der Waals surface area contributed by atoms with Gasteiger partial charge in [0.1, 0.15) is 12.4 Å². The summed E-state index contributed by atoms with van der Waals surface area (Å²) in [7, 11) is 1.56. The van der Waals surface area contributed by atoms with Gasteiger partial charge in [-0.1, -0.05) is 30.8 Å². The Morgan fingerprint density at radius 2 is 1.68 bits per heavy atom. The van der Waals surface area contributed by atoms with Gasteiger partial charge in [-0.15, -0.1) is 0 Å². The van der Waals surface area contributed by atoms with Gasteiger partial charge in [-0.3, -0.25) is 4.79 Å². The molecule has 0 radical (unpaired) electrons. The van der Waals surface area contributed by atoms with Crippen LogP contribution in [-0.4, -0.2) is 25.7 Å². The van der Waals surface area contributed by atoms with E-state index in [9.17, 15) is 4.79 Å². The van der Waals surface area contributed by atoms with E-state index in [1.165, 1.54) is 0 Å². The van der Waals surface area contributed by atoms with Crippen LogP contribution in [0.15, 0.2) is 60.7 Å². The maximum atomic E-state index is 12.5. The molecule has 0 aliphatic rings. The predicted molar refractivity (Wildman–Crippen MR) is 98.5 cm³/mol. The Bertz CT molecular complexity index is 742. The highest BCUT2D eigenvalue weighted by atomic mass is 16.5. The van der Waals surface area contributed by atoms with Crippen LogP contribution in [0.2, 0.25) is 0 Å². The summed E-state index contributed by atoms with van der Waals surface area (Å²) in [5.74, 6) is 1.40. The number of hydrogen-bond acceptors (Lipinski definition) is 4. The Morgan fingerprint density at radius 3 is 2.32 bits per heavy atom. The molecule has 2 rings (SSSR count). The lowest BCUT2D eigenvalue weighted by Gasteiger charge is -2.18. The minimum Gasteiger partial charge on any atom is -0.493 e. The molecule has 0 saturated heterocycles. The van der Waals surface area contributed by atoms with Gasteiger partial charge < -0.3 is 19.5 Å². The quantitative estimate of drug-likeness (QED) is 0.736. The van der Waals surface area contributed by atoms with E-state index in [1.54, 1.807) is 38.3 Å². The number of hydrogen-bond donors (Lipinski definition) is 1. The van der Waals surface area contributed by atoms with Crippen molar-refractivity contribution >= 4 is 11.6 Å². The number of ether oxygens (including phenoxy) is 3. The van der Waals surface area contributed by atoms with E-state index < -0.39 is 6.10 Å². The number of methoxy groups -OCH3 is 1. The zero-order valence-electron chi connectivity index (χ0n) is 14.7. The smallest absolute Gasteiger partial charge is 0.265 e. The van der Waals surface area contributed by atoms with Gasteiger partial charge in [0, 0.05) is 0 Å². The molecule has 1 N–H and O–H groups in total. The van der Waals surface area contributed by atoms with E-state index in [1.807, 2.05) is 31.2 Å². The molecule has 1 atom stereocenters. The van der Waals surface area contributed by atoms with E-state index >= 15 is 0 Å². The molecule has 25 heavy (non-hydrogen) atoms. The van der Waals surface area contributed by atoms with Crippen molar-refractivity contribution in [3.05, 3.63) is 60.7 Å². The van der Waals surface area contributed by atoms with E-state index in [-0.39, 0.29) is 5.91 Å². The molecule has 0 spiro atoms. The van der Waals surface area contributed by atoms with Crippen LogP contribution in [0, 0.1) is 0 Å².